The van der Waals surface area contributed by atoms with Crippen molar-refractivity contribution in [2.24, 2.45) is 11.8 Å². The van der Waals surface area contributed by atoms with Gasteiger partial charge < -0.3 is 14.2 Å². The molecule has 3 nitrogen and oxygen atoms in total. The Morgan fingerprint density at radius 1 is 1.00 bits per heavy atom. The third-order valence-corrected chi connectivity index (χ3v) is 6.06. The highest BCUT2D eigenvalue weighted by Gasteiger charge is 2.45. The Labute approximate surface area is 175 Å². The fourth-order valence-electron chi connectivity index (χ4n) is 4.41. The lowest BCUT2D eigenvalue weighted by atomic mass is 9.77. The molecule has 1 saturated carbocycles. The summed E-state index contributed by atoms with van der Waals surface area (Å²) in [5, 5.41) is 0. The Bertz CT molecular complexity index is 742. The van der Waals surface area contributed by atoms with Crippen LogP contribution < -0.4 is 9.47 Å². The summed E-state index contributed by atoms with van der Waals surface area (Å²) in [7, 11) is 0. The summed E-state index contributed by atoms with van der Waals surface area (Å²) in [4.78, 5) is 0. The number of alkyl halides is 2. The smallest absolute Gasteiger partial charge is 0.400 e. The van der Waals surface area contributed by atoms with Gasteiger partial charge in [0.1, 0.15) is 6.10 Å². The van der Waals surface area contributed by atoms with Gasteiger partial charge in [-0.2, -0.15) is 17.6 Å². The molecule has 0 amide bonds. The topological polar surface area (TPSA) is 27.7 Å². The number of rotatable bonds is 8. The number of benzene rings is 1. The predicted octanol–water partition coefficient (Wildman–Crippen LogP) is 7.00. The number of hydrogen-bond donors (Lipinski definition) is 0. The standard InChI is InChI=1S/C23H30F4O3/c1-3-5-15-6-11-18(29-14-15)16-7-9-17(10-8-16)23(26,27)30-20-13-12-19(28-4-2)21(24)22(20)25/h12-14,16-18H,3-11H2,1-2H3. The van der Waals surface area contributed by atoms with Crippen molar-refractivity contribution < 1.29 is 31.8 Å². The molecule has 0 aromatic heterocycles. The van der Waals surface area contributed by atoms with E-state index >= 15 is 0 Å². The molecule has 0 N–H and O–H groups in total. The van der Waals surface area contributed by atoms with Crippen LogP contribution in [0.1, 0.15) is 65.2 Å². The molecule has 30 heavy (non-hydrogen) atoms. The van der Waals surface area contributed by atoms with Crippen LogP contribution in [0.25, 0.3) is 0 Å². The van der Waals surface area contributed by atoms with Gasteiger partial charge in [-0.05, 0) is 75.5 Å². The second-order valence-corrected chi connectivity index (χ2v) is 8.14. The first-order chi connectivity index (χ1) is 14.4. The number of halogens is 4. The maximum absolute atomic E-state index is 14.7. The Hall–Kier alpha value is -1.92. The minimum absolute atomic E-state index is 0.0683. The van der Waals surface area contributed by atoms with Crippen molar-refractivity contribution in [2.45, 2.75) is 77.4 Å². The van der Waals surface area contributed by atoms with E-state index < -0.39 is 29.4 Å². The first-order valence-electron chi connectivity index (χ1n) is 10.9. The van der Waals surface area contributed by atoms with Gasteiger partial charge in [0.25, 0.3) is 0 Å². The summed E-state index contributed by atoms with van der Waals surface area (Å²) in [6.07, 6.45) is 4.09. The van der Waals surface area contributed by atoms with Crippen LogP contribution in [0.3, 0.4) is 0 Å². The van der Waals surface area contributed by atoms with E-state index in [4.69, 9.17) is 9.47 Å². The molecule has 2 aliphatic rings. The Balaban J connectivity index is 1.57. The van der Waals surface area contributed by atoms with Crippen molar-refractivity contribution in [2.75, 3.05) is 6.61 Å². The fourth-order valence-corrected chi connectivity index (χ4v) is 4.41. The van der Waals surface area contributed by atoms with Gasteiger partial charge >= 0.3 is 6.11 Å². The molecule has 3 rings (SSSR count). The van der Waals surface area contributed by atoms with E-state index in [2.05, 4.69) is 11.7 Å². The van der Waals surface area contributed by atoms with Crippen molar-refractivity contribution in [3.63, 3.8) is 0 Å². The summed E-state index contributed by atoms with van der Waals surface area (Å²) in [5.74, 6) is -4.71. The van der Waals surface area contributed by atoms with Crippen LogP contribution in [-0.2, 0) is 4.74 Å². The first-order valence-corrected chi connectivity index (χ1v) is 10.9. The van der Waals surface area contributed by atoms with Crippen molar-refractivity contribution in [1.82, 2.24) is 0 Å². The minimum Gasteiger partial charge on any atom is -0.498 e. The molecule has 1 aliphatic carbocycles. The largest absolute Gasteiger partial charge is 0.498 e. The number of allylic oxidation sites excluding steroid dienone is 1. The van der Waals surface area contributed by atoms with Gasteiger partial charge in [-0.25, -0.2) is 0 Å². The Morgan fingerprint density at radius 2 is 1.67 bits per heavy atom. The van der Waals surface area contributed by atoms with Crippen LogP contribution in [0.15, 0.2) is 24.0 Å². The van der Waals surface area contributed by atoms with Gasteiger partial charge in [-0.1, -0.05) is 13.3 Å². The molecule has 1 aromatic rings. The van der Waals surface area contributed by atoms with E-state index in [1.807, 2.05) is 6.26 Å². The summed E-state index contributed by atoms with van der Waals surface area (Å²) in [6.45, 7) is 3.88. The summed E-state index contributed by atoms with van der Waals surface area (Å²) >= 11 is 0. The molecular weight excluding hydrogens is 400 g/mol. The second-order valence-electron chi connectivity index (χ2n) is 8.14. The average molecular weight is 430 g/mol. The second kappa shape index (κ2) is 9.92. The van der Waals surface area contributed by atoms with Gasteiger partial charge in [0.2, 0.25) is 11.6 Å². The SMILES string of the molecule is CCCC1=COC(C2CCC(C(F)(F)Oc3ccc(OCC)c(F)c3F)CC2)CC1. The zero-order valence-electron chi connectivity index (χ0n) is 17.6. The highest BCUT2D eigenvalue weighted by Crippen LogP contribution is 2.43. The van der Waals surface area contributed by atoms with Crippen molar-refractivity contribution in [3.8, 4) is 11.5 Å². The van der Waals surface area contributed by atoms with Crippen LogP contribution in [0, 0.1) is 23.5 Å². The lowest BCUT2D eigenvalue weighted by Gasteiger charge is -2.37. The molecule has 0 bridgehead atoms. The Kier molecular flexibility index (Phi) is 7.53. The molecule has 1 atom stereocenters. The number of hydrogen-bond acceptors (Lipinski definition) is 3. The van der Waals surface area contributed by atoms with Gasteiger partial charge in [0.15, 0.2) is 11.5 Å². The molecule has 0 spiro atoms. The highest BCUT2D eigenvalue weighted by atomic mass is 19.3. The lowest BCUT2D eigenvalue weighted by Crippen LogP contribution is -2.39. The number of ether oxygens (including phenoxy) is 3. The summed E-state index contributed by atoms with van der Waals surface area (Å²) < 4.78 is 72.9. The zero-order chi connectivity index (χ0) is 21.7. The monoisotopic (exact) mass is 430 g/mol. The lowest BCUT2D eigenvalue weighted by molar-refractivity contribution is -0.226. The fraction of sp³-hybridized carbons (Fsp3) is 0.652. The minimum atomic E-state index is -3.58. The Morgan fingerprint density at radius 3 is 2.27 bits per heavy atom. The van der Waals surface area contributed by atoms with Crippen LogP contribution in [0.5, 0.6) is 11.5 Å². The van der Waals surface area contributed by atoms with E-state index in [1.165, 1.54) is 5.57 Å². The van der Waals surface area contributed by atoms with Crippen LogP contribution in [0.2, 0.25) is 0 Å². The summed E-state index contributed by atoms with van der Waals surface area (Å²) in [6, 6.07) is 2.09. The molecule has 168 valence electrons. The third kappa shape index (κ3) is 5.22. The quantitative estimate of drug-likeness (QED) is 0.416. The molecule has 1 aromatic carbocycles. The third-order valence-electron chi connectivity index (χ3n) is 6.06. The molecule has 1 unspecified atom stereocenters. The van der Waals surface area contributed by atoms with E-state index in [9.17, 15) is 17.6 Å². The van der Waals surface area contributed by atoms with Gasteiger partial charge in [-0.3, -0.25) is 0 Å². The van der Waals surface area contributed by atoms with Crippen LogP contribution in [0.4, 0.5) is 17.6 Å². The highest BCUT2D eigenvalue weighted by molar-refractivity contribution is 5.35. The average Bonchev–Trinajstić information content (AvgIpc) is 2.74. The maximum Gasteiger partial charge on any atom is 0.400 e. The van der Waals surface area contributed by atoms with Gasteiger partial charge in [0.05, 0.1) is 18.8 Å². The zero-order valence-corrected chi connectivity index (χ0v) is 17.6. The van der Waals surface area contributed by atoms with E-state index in [1.54, 1.807) is 6.92 Å². The van der Waals surface area contributed by atoms with E-state index in [0.29, 0.717) is 12.8 Å². The van der Waals surface area contributed by atoms with E-state index in [0.717, 1.165) is 37.8 Å². The maximum atomic E-state index is 14.7. The van der Waals surface area contributed by atoms with Crippen molar-refractivity contribution in [1.29, 1.82) is 0 Å². The van der Waals surface area contributed by atoms with Gasteiger partial charge in [0, 0.05) is 0 Å². The van der Waals surface area contributed by atoms with E-state index in [-0.39, 0.29) is 37.2 Å². The van der Waals surface area contributed by atoms with Crippen molar-refractivity contribution >= 4 is 0 Å². The normalized spacial score (nSPS) is 24.7. The van der Waals surface area contributed by atoms with Gasteiger partial charge in [-0.15, -0.1) is 0 Å². The molecule has 7 heteroatoms. The van der Waals surface area contributed by atoms with Crippen LogP contribution in [-0.4, -0.2) is 18.8 Å². The van der Waals surface area contributed by atoms with Crippen molar-refractivity contribution in [3.05, 3.63) is 35.6 Å². The first kappa shape index (κ1) is 22.8. The molecule has 0 radical (unpaired) electrons. The predicted molar refractivity (Wildman–Crippen MR) is 106 cm³/mol. The molecule has 1 aliphatic heterocycles. The molecule has 0 saturated heterocycles. The molecular formula is C23H30F4O3. The molecule has 1 heterocycles. The van der Waals surface area contributed by atoms with Crippen LogP contribution >= 0.6 is 0 Å². The molecule has 1 fully saturated rings. The summed E-state index contributed by atoms with van der Waals surface area (Å²) in [5.41, 5.74) is 1.31.